The van der Waals surface area contributed by atoms with E-state index in [2.05, 4.69) is 199 Å². The van der Waals surface area contributed by atoms with Gasteiger partial charge in [-0.3, -0.25) is 0 Å². The number of hydrogen-bond donors (Lipinski definition) is 0. The Morgan fingerprint density at radius 3 is 1.67 bits per heavy atom. The lowest BCUT2D eigenvalue weighted by molar-refractivity contribution is 0.669. The first-order chi connectivity index (χ1) is 26.8. The summed E-state index contributed by atoms with van der Waals surface area (Å²) >= 11 is 0. The summed E-state index contributed by atoms with van der Waals surface area (Å²) in [6, 6.07) is 72.2. The topological polar surface area (TPSA) is 16.4 Å². The summed E-state index contributed by atoms with van der Waals surface area (Å²) in [5.41, 5.74) is 9.60. The molecule has 2 heteroatoms. The van der Waals surface area contributed by atoms with Crippen LogP contribution in [0.1, 0.15) is 0 Å². The van der Waals surface area contributed by atoms with Gasteiger partial charge in [0.1, 0.15) is 5.58 Å². The number of rotatable bonds is 5. The molecule has 0 spiro atoms. The second kappa shape index (κ2) is 12.2. The third kappa shape index (κ3) is 4.81. The van der Waals surface area contributed by atoms with E-state index in [1.165, 1.54) is 65.3 Å². The quantitative estimate of drug-likeness (QED) is 0.168. The lowest BCUT2D eigenvalue weighted by Crippen LogP contribution is -2.10. The van der Waals surface area contributed by atoms with Gasteiger partial charge in [0.15, 0.2) is 5.58 Å². The van der Waals surface area contributed by atoms with Gasteiger partial charge in [0.05, 0.1) is 5.69 Å². The molecule has 0 unspecified atom stereocenters. The third-order valence-corrected chi connectivity index (χ3v) is 11.0. The molecule has 1 heterocycles. The monoisotopic (exact) mass is 687 g/mol. The van der Waals surface area contributed by atoms with Crippen LogP contribution in [-0.2, 0) is 0 Å². The highest BCUT2D eigenvalue weighted by Gasteiger charge is 2.20. The van der Waals surface area contributed by atoms with Crippen molar-refractivity contribution in [2.24, 2.45) is 0 Å². The molecule has 0 radical (unpaired) electrons. The molecule has 1 aromatic heterocycles. The lowest BCUT2D eigenvalue weighted by Gasteiger charge is -2.26. The minimum Gasteiger partial charge on any atom is -0.454 e. The van der Waals surface area contributed by atoms with Crippen molar-refractivity contribution >= 4 is 82.1 Å². The molecule has 11 aromatic rings. The molecule has 0 aliphatic carbocycles. The van der Waals surface area contributed by atoms with Crippen LogP contribution in [0, 0.1) is 0 Å². The second-order valence-corrected chi connectivity index (χ2v) is 14.1. The number of para-hydroxylation sites is 2. The van der Waals surface area contributed by atoms with Gasteiger partial charge in [-0.2, -0.15) is 0 Å². The van der Waals surface area contributed by atoms with E-state index in [-0.39, 0.29) is 0 Å². The Kier molecular flexibility index (Phi) is 6.90. The Morgan fingerprint density at radius 2 is 0.889 bits per heavy atom. The summed E-state index contributed by atoms with van der Waals surface area (Å²) in [5.74, 6) is 0. The van der Waals surface area contributed by atoms with Gasteiger partial charge in [-0.15, -0.1) is 0 Å². The zero-order valence-electron chi connectivity index (χ0n) is 29.4. The molecule has 0 saturated heterocycles. The Hall–Kier alpha value is -7.16. The number of anilines is 3. The highest BCUT2D eigenvalue weighted by Crippen LogP contribution is 2.44. The van der Waals surface area contributed by atoms with Crippen LogP contribution in [0.5, 0.6) is 0 Å². The first kappa shape index (κ1) is 30.5. The van der Waals surface area contributed by atoms with Gasteiger partial charge < -0.3 is 9.32 Å². The fraction of sp³-hybridized carbons (Fsp3) is 0. The molecule has 0 aliphatic rings. The fourth-order valence-electron chi connectivity index (χ4n) is 8.52. The van der Waals surface area contributed by atoms with Crippen LogP contribution < -0.4 is 4.90 Å². The molecule has 0 N–H and O–H groups in total. The molecular weight excluding hydrogens is 655 g/mol. The molecule has 2 nitrogen and oxygen atoms in total. The van der Waals surface area contributed by atoms with E-state index >= 15 is 0 Å². The van der Waals surface area contributed by atoms with Crippen molar-refractivity contribution in [3.05, 3.63) is 200 Å². The molecule has 0 fully saturated rings. The molecule has 10 aromatic carbocycles. The molecule has 54 heavy (non-hydrogen) atoms. The highest BCUT2D eigenvalue weighted by atomic mass is 16.3. The first-order valence-corrected chi connectivity index (χ1v) is 18.5. The highest BCUT2D eigenvalue weighted by molar-refractivity contribution is 6.25. The lowest BCUT2D eigenvalue weighted by atomic mass is 9.92. The third-order valence-electron chi connectivity index (χ3n) is 11.0. The molecule has 0 amide bonds. The van der Waals surface area contributed by atoms with Crippen LogP contribution in [0.4, 0.5) is 17.1 Å². The molecule has 0 bridgehead atoms. The second-order valence-electron chi connectivity index (χ2n) is 14.1. The number of fused-ring (bicyclic) bond motifs is 10. The standard InChI is InChI=1S/C52H33NO/c1-2-16-40-35(12-1)13-10-22-41(40)37-14-9-15-39(32-37)53(50-24-11-23-48-47-21-7-8-25-51(47)54-52(48)50)38-29-26-34(27-30-38)36-28-31-46-44-19-4-3-17-42(44)43-18-5-6-20-45(43)49(46)33-36/h1-33H. The van der Waals surface area contributed by atoms with E-state index < -0.39 is 0 Å². The molecular formula is C52H33NO. The Morgan fingerprint density at radius 1 is 0.315 bits per heavy atom. The van der Waals surface area contributed by atoms with Crippen molar-refractivity contribution in [2.45, 2.75) is 0 Å². The van der Waals surface area contributed by atoms with E-state index in [1.807, 2.05) is 6.07 Å². The fourth-order valence-corrected chi connectivity index (χ4v) is 8.52. The minimum atomic E-state index is 0.868. The van der Waals surface area contributed by atoms with Crippen LogP contribution in [-0.4, -0.2) is 0 Å². The largest absolute Gasteiger partial charge is 0.454 e. The SMILES string of the molecule is c1cc(-c2cccc3ccccc23)cc(N(c2ccc(-c3ccc4c5ccccc5c5ccccc5c4c3)cc2)c2cccc3c2oc2ccccc23)c1. The van der Waals surface area contributed by atoms with Crippen molar-refractivity contribution in [1.29, 1.82) is 0 Å². The van der Waals surface area contributed by atoms with E-state index in [4.69, 9.17) is 4.42 Å². The van der Waals surface area contributed by atoms with E-state index in [0.29, 0.717) is 0 Å². The molecule has 11 rings (SSSR count). The predicted molar refractivity (Wildman–Crippen MR) is 229 cm³/mol. The summed E-state index contributed by atoms with van der Waals surface area (Å²) in [5, 5.41) is 12.4. The first-order valence-electron chi connectivity index (χ1n) is 18.5. The molecule has 0 saturated carbocycles. The average molecular weight is 688 g/mol. The molecule has 0 aliphatic heterocycles. The number of nitrogens with zero attached hydrogens (tertiary/aromatic N) is 1. The van der Waals surface area contributed by atoms with Crippen molar-refractivity contribution < 1.29 is 4.42 Å². The smallest absolute Gasteiger partial charge is 0.159 e. The molecule has 252 valence electrons. The van der Waals surface area contributed by atoms with Crippen LogP contribution in [0.15, 0.2) is 205 Å². The van der Waals surface area contributed by atoms with Crippen molar-refractivity contribution in [3.8, 4) is 22.3 Å². The van der Waals surface area contributed by atoms with Gasteiger partial charge in [-0.1, -0.05) is 158 Å². The van der Waals surface area contributed by atoms with Crippen molar-refractivity contribution in [1.82, 2.24) is 0 Å². The zero-order chi connectivity index (χ0) is 35.6. The summed E-state index contributed by atoms with van der Waals surface area (Å²) in [4.78, 5) is 2.34. The van der Waals surface area contributed by atoms with Crippen LogP contribution in [0.3, 0.4) is 0 Å². The predicted octanol–water partition coefficient (Wildman–Crippen LogP) is 15.0. The Labute approximate surface area is 312 Å². The minimum absolute atomic E-state index is 0.868. The maximum absolute atomic E-state index is 6.64. The van der Waals surface area contributed by atoms with Gasteiger partial charge in [-0.05, 0) is 108 Å². The molecule has 0 atom stereocenters. The van der Waals surface area contributed by atoms with E-state index in [1.54, 1.807) is 0 Å². The zero-order valence-corrected chi connectivity index (χ0v) is 29.4. The maximum atomic E-state index is 6.64. The van der Waals surface area contributed by atoms with Crippen molar-refractivity contribution in [2.75, 3.05) is 4.90 Å². The summed E-state index contributed by atoms with van der Waals surface area (Å²) in [6.07, 6.45) is 0. The van der Waals surface area contributed by atoms with Gasteiger partial charge in [0.2, 0.25) is 0 Å². The number of furan rings is 1. The van der Waals surface area contributed by atoms with E-state index in [9.17, 15) is 0 Å². The van der Waals surface area contributed by atoms with Gasteiger partial charge in [0, 0.05) is 22.1 Å². The van der Waals surface area contributed by atoms with Crippen LogP contribution in [0.2, 0.25) is 0 Å². The van der Waals surface area contributed by atoms with Crippen LogP contribution >= 0.6 is 0 Å². The normalized spacial score (nSPS) is 11.7. The average Bonchev–Trinajstić information content (AvgIpc) is 3.63. The van der Waals surface area contributed by atoms with Gasteiger partial charge in [0.25, 0.3) is 0 Å². The van der Waals surface area contributed by atoms with Crippen molar-refractivity contribution in [3.63, 3.8) is 0 Å². The van der Waals surface area contributed by atoms with E-state index in [0.717, 1.165) is 39.0 Å². The summed E-state index contributed by atoms with van der Waals surface area (Å²) in [6.45, 7) is 0. The Balaban J connectivity index is 1.08. The summed E-state index contributed by atoms with van der Waals surface area (Å²) < 4.78 is 6.64. The summed E-state index contributed by atoms with van der Waals surface area (Å²) in [7, 11) is 0. The van der Waals surface area contributed by atoms with Gasteiger partial charge >= 0.3 is 0 Å². The van der Waals surface area contributed by atoms with Gasteiger partial charge in [-0.25, -0.2) is 0 Å². The Bertz CT molecular complexity index is 3190. The number of benzene rings is 10. The number of hydrogen-bond acceptors (Lipinski definition) is 2. The maximum Gasteiger partial charge on any atom is 0.159 e. The van der Waals surface area contributed by atoms with Crippen LogP contribution in [0.25, 0.3) is 87.3 Å².